The van der Waals surface area contributed by atoms with Crippen LogP contribution in [0, 0.1) is 55.4 Å². The normalized spacial score (nSPS) is 10.7. The molecule has 0 saturated carbocycles. The van der Waals surface area contributed by atoms with Gasteiger partial charge in [-0.3, -0.25) is 0 Å². The van der Waals surface area contributed by atoms with Crippen LogP contribution in [0.2, 0.25) is 0 Å². The van der Waals surface area contributed by atoms with Crippen molar-refractivity contribution in [1.82, 2.24) is 0 Å². The van der Waals surface area contributed by atoms with Gasteiger partial charge < -0.3 is 0 Å². The first-order valence-electron chi connectivity index (χ1n) is 7.86. The molecule has 0 aliphatic carbocycles. The van der Waals surface area contributed by atoms with Crippen LogP contribution in [0.5, 0.6) is 0 Å². The third-order valence-corrected chi connectivity index (χ3v) is 8.22. The molecular weight excluding hydrogens is 265 g/mol. The fraction of sp³-hybridized carbons (Fsp3) is 0.400. The van der Waals surface area contributed by atoms with Gasteiger partial charge in [-0.05, 0) is 55.4 Å². The average molecular weight is 291 g/mol. The van der Waals surface area contributed by atoms with Gasteiger partial charge in [-0.1, -0.05) is 56.6 Å². The topological polar surface area (TPSA) is 0 Å². The molecule has 1 heteroatoms. The van der Waals surface area contributed by atoms with Crippen LogP contribution in [-0.2, 0) is 0 Å². The number of hydrogen-bond acceptors (Lipinski definition) is 0. The van der Waals surface area contributed by atoms with E-state index in [0.717, 1.165) is 0 Å². The zero-order chi connectivity index (χ0) is 15.9. The predicted molar refractivity (Wildman–Crippen MR) is 95.8 cm³/mol. The highest BCUT2D eigenvalue weighted by Gasteiger charge is 2.16. The summed E-state index contributed by atoms with van der Waals surface area (Å²) in [6.45, 7) is 18.2. The Morgan fingerprint density at radius 2 is 0.714 bits per heavy atom. The number of aryl methyl sites for hydroxylation is 4. The van der Waals surface area contributed by atoms with E-state index in [0.29, 0.717) is 0 Å². The van der Waals surface area contributed by atoms with E-state index in [1.165, 1.54) is 44.5 Å². The average Bonchev–Trinajstić information content (AvgIpc) is 2.42. The minimum atomic E-state index is -0.435. The molecule has 0 aliphatic rings. The molecule has 0 saturated heterocycles. The predicted octanol–water partition coefficient (Wildman–Crippen LogP) is 3.81. The standard InChI is InChI=1S/2C10H13.Mg/c2*1-7-5-9(3)10(4)6-8(7)2;/h2*5H,1-4H3;. The molecule has 0 fully saturated rings. The summed E-state index contributed by atoms with van der Waals surface area (Å²) in [6.07, 6.45) is 0. The maximum atomic E-state index is 2.34. The third-order valence-electron chi connectivity index (χ3n) is 5.40. The summed E-state index contributed by atoms with van der Waals surface area (Å²) in [5, 5.41) is 0. The lowest BCUT2D eigenvalue weighted by Gasteiger charge is -2.20. The van der Waals surface area contributed by atoms with Gasteiger partial charge in [-0.15, -0.1) is 0 Å². The molecule has 0 aromatic heterocycles. The monoisotopic (exact) mass is 290 g/mol. The first kappa shape index (κ1) is 16.6. The van der Waals surface area contributed by atoms with E-state index in [1.54, 1.807) is 7.39 Å². The molecule has 0 N–H and O–H groups in total. The molecule has 2 aromatic carbocycles. The van der Waals surface area contributed by atoms with E-state index < -0.39 is 20.4 Å². The molecule has 108 valence electrons. The van der Waals surface area contributed by atoms with Gasteiger partial charge in [0.15, 0.2) is 0 Å². The van der Waals surface area contributed by atoms with Crippen molar-refractivity contribution in [2.24, 2.45) is 0 Å². The number of benzene rings is 2. The van der Waals surface area contributed by atoms with Crippen LogP contribution in [0.3, 0.4) is 0 Å². The Morgan fingerprint density at radius 3 is 0.952 bits per heavy atom. The van der Waals surface area contributed by atoms with Crippen molar-refractivity contribution >= 4 is 27.8 Å². The Hall–Kier alpha value is -0.794. The molecule has 0 unspecified atom stereocenters. The zero-order valence-electron chi connectivity index (χ0n) is 14.9. The lowest BCUT2D eigenvalue weighted by molar-refractivity contribution is 1.26. The first-order valence-corrected chi connectivity index (χ1v) is 9.28. The van der Waals surface area contributed by atoms with E-state index in [-0.39, 0.29) is 0 Å². The number of rotatable bonds is 2. The molecule has 2 rings (SSSR count). The fourth-order valence-corrected chi connectivity index (χ4v) is 5.83. The van der Waals surface area contributed by atoms with Crippen molar-refractivity contribution in [2.75, 3.05) is 0 Å². The van der Waals surface area contributed by atoms with Gasteiger partial charge >= 0.3 is 20.4 Å². The van der Waals surface area contributed by atoms with E-state index >= 15 is 0 Å². The SMILES string of the molecule is Cc1cc(C)c(C)[c]([Mg][c]2c(C)c(C)cc(C)c2C)c1C. The fourth-order valence-electron chi connectivity index (χ4n) is 3.30. The van der Waals surface area contributed by atoms with Crippen molar-refractivity contribution in [3.63, 3.8) is 0 Å². The lowest BCUT2D eigenvalue weighted by Crippen LogP contribution is -2.36. The smallest absolute Gasteiger partial charge is 0.159 e. The molecule has 0 aliphatic heterocycles. The van der Waals surface area contributed by atoms with Gasteiger partial charge in [0.25, 0.3) is 0 Å². The Balaban J connectivity index is 2.64. The second-order valence-electron chi connectivity index (χ2n) is 6.65. The molecule has 0 radical (unpaired) electrons. The van der Waals surface area contributed by atoms with Crippen LogP contribution in [-0.4, -0.2) is 20.4 Å². The Labute approximate surface area is 139 Å². The summed E-state index contributed by atoms with van der Waals surface area (Å²) in [6, 6.07) is 4.67. The molecule has 0 heterocycles. The largest absolute Gasteiger partial charge is 0.452 e. The highest BCUT2D eigenvalue weighted by atomic mass is 24.5. The van der Waals surface area contributed by atoms with Gasteiger partial charge in [0.2, 0.25) is 0 Å². The zero-order valence-corrected chi connectivity index (χ0v) is 16.3. The second kappa shape index (κ2) is 6.14. The Bertz CT molecular complexity index is 595. The molecular formula is C20H26Mg. The molecule has 0 bridgehead atoms. The third kappa shape index (κ3) is 3.05. The highest BCUT2D eigenvalue weighted by Crippen LogP contribution is 2.15. The van der Waals surface area contributed by atoms with Crippen LogP contribution >= 0.6 is 0 Å². The summed E-state index contributed by atoms with van der Waals surface area (Å²) in [7, 11) is 0. The minimum absolute atomic E-state index is 0.435. The van der Waals surface area contributed by atoms with E-state index in [1.807, 2.05) is 0 Å². The van der Waals surface area contributed by atoms with Gasteiger partial charge in [0, 0.05) is 0 Å². The van der Waals surface area contributed by atoms with Crippen LogP contribution in [0.1, 0.15) is 44.5 Å². The molecule has 0 amide bonds. The lowest BCUT2D eigenvalue weighted by atomic mass is 10.0. The van der Waals surface area contributed by atoms with Crippen molar-refractivity contribution in [2.45, 2.75) is 55.4 Å². The van der Waals surface area contributed by atoms with Gasteiger partial charge in [-0.25, -0.2) is 0 Å². The van der Waals surface area contributed by atoms with Gasteiger partial charge in [0.05, 0.1) is 0 Å². The van der Waals surface area contributed by atoms with Crippen LogP contribution < -0.4 is 7.39 Å². The quantitative estimate of drug-likeness (QED) is 0.738. The Morgan fingerprint density at radius 1 is 0.476 bits per heavy atom. The second-order valence-corrected chi connectivity index (χ2v) is 8.42. The maximum Gasteiger partial charge on any atom is 0.452 e. The van der Waals surface area contributed by atoms with Crippen molar-refractivity contribution < 1.29 is 0 Å². The summed E-state index contributed by atoms with van der Waals surface area (Å²) in [4.78, 5) is 0. The van der Waals surface area contributed by atoms with E-state index in [4.69, 9.17) is 0 Å². The number of hydrogen-bond donors (Lipinski definition) is 0. The molecule has 0 nitrogen and oxygen atoms in total. The first-order chi connectivity index (χ1) is 9.73. The summed E-state index contributed by atoms with van der Waals surface area (Å²) in [5.74, 6) is 0. The van der Waals surface area contributed by atoms with Gasteiger partial charge in [0.1, 0.15) is 0 Å². The van der Waals surface area contributed by atoms with Crippen molar-refractivity contribution in [3.8, 4) is 0 Å². The molecule has 2 aromatic rings. The van der Waals surface area contributed by atoms with E-state index in [2.05, 4.69) is 67.5 Å². The Kier molecular flexibility index (Phi) is 4.84. The maximum absolute atomic E-state index is 2.34. The summed E-state index contributed by atoms with van der Waals surface area (Å²) in [5.41, 5.74) is 11.8. The summed E-state index contributed by atoms with van der Waals surface area (Å²) < 4.78 is 3.31. The van der Waals surface area contributed by atoms with Crippen molar-refractivity contribution in [3.05, 3.63) is 56.6 Å². The molecule has 21 heavy (non-hydrogen) atoms. The van der Waals surface area contributed by atoms with Crippen LogP contribution in [0.25, 0.3) is 0 Å². The summed E-state index contributed by atoms with van der Waals surface area (Å²) >= 11 is -0.435. The van der Waals surface area contributed by atoms with Crippen LogP contribution in [0.15, 0.2) is 12.1 Å². The van der Waals surface area contributed by atoms with Crippen molar-refractivity contribution in [1.29, 1.82) is 0 Å². The highest BCUT2D eigenvalue weighted by molar-refractivity contribution is 6.69. The molecule has 0 spiro atoms. The van der Waals surface area contributed by atoms with E-state index in [9.17, 15) is 0 Å². The van der Waals surface area contributed by atoms with Gasteiger partial charge in [-0.2, -0.15) is 7.39 Å². The van der Waals surface area contributed by atoms with Crippen LogP contribution in [0.4, 0.5) is 0 Å². The minimum Gasteiger partial charge on any atom is -0.159 e. The molecule has 0 atom stereocenters.